The van der Waals surface area contributed by atoms with Gasteiger partial charge in [-0.2, -0.15) is 0 Å². The molecule has 0 fully saturated rings. The van der Waals surface area contributed by atoms with Crippen LogP contribution in [-0.2, 0) is 4.74 Å². The van der Waals surface area contributed by atoms with Crippen molar-refractivity contribution in [3.8, 4) is 0 Å². The summed E-state index contributed by atoms with van der Waals surface area (Å²) in [5.74, 6) is 0.0717. The Morgan fingerprint density at radius 2 is 2.05 bits per heavy atom. The van der Waals surface area contributed by atoms with Crippen molar-refractivity contribution in [1.82, 2.24) is 4.90 Å². The molecular weight excluding hydrogens is 421 g/mol. The number of carbonyl (C=O) groups is 1. The molecule has 0 spiro atoms. The summed E-state index contributed by atoms with van der Waals surface area (Å²) < 4.78 is 6.42. The molecule has 0 saturated carbocycles. The number of carbonyl (C=O) groups excluding carboxylic acids is 1. The quantitative estimate of drug-likeness (QED) is 0.369. The minimum Gasteiger partial charge on any atom is -0.379 e. The van der Waals surface area contributed by atoms with Crippen molar-refractivity contribution in [1.29, 1.82) is 0 Å². The first-order chi connectivity index (χ1) is 9.07. The Bertz CT molecular complexity index is 412. The Morgan fingerprint density at radius 1 is 1.37 bits per heavy atom. The maximum absolute atomic E-state index is 12.5. The lowest BCUT2D eigenvalue weighted by molar-refractivity contribution is 0.0596. The van der Waals surface area contributed by atoms with E-state index in [0.717, 1.165) is 14.5 Å². The zero-order valence-corrected chi connectivity index (χ0v) is 15.0. The highest BCUT2D eigenvalue weighted by atomic mass is 127. The highest BCUT2D eigenvalue weighted by molar-refractivity contribution is 14.1. The van der Waals surface area contributed by atoms with Gasteiger partial charge < -0.3 is 9.64 Å². The molecule has 1 aromatic carbocycles. The molecule has 0 atom stereocenters. The molecule has 0 heterocycles. The average molecular weight is 440 g/mol. The second-order valence-electron chi connectivity index (χ2n) is 4.37. The standard InChI is InChI=1S/C14H19BrINO2/c1-11(2)17(8-10-19-9-7-15)14(18)12-5-3-4-6-13(12)16/h3-6,11H,7-10H2,1-2H3. The van der Waals surface area contributed by atoms with Crippen molar-refractivity contribution in [2.75, 3.05) is 25.1 Å². The van der Waals surface area contributed by atoms with Gasteiger partial charge in [-0.1, -0.05) is 28.1 Å². The van der Waals surface area contributed by atoms with Gasteiger partial charge in [0.15, 0.2) is 0 Å². The van der Waals surface area contributed by atoms with Gasteiger partial charge in [0, 0.05) is 21.5 Å². The van der Waals surface area contributed by atoms with Crippen LogP contribution in [0.1, 0.15) is 24.2 Å². The summed E-state index contributed by atoms with van der Waals surface area (Å²) in [4.78, 5) is 14.4. The van der Waals surface area contributed by atoms with Crippen LogP contribution in [0.25, 0.3) is 0 Å². The number of alkyl halides is 1. The first-order valence-electron chi connectivity index (χ1n) is 6.27. The highest BCUT2D eigenvalue weighted by Gasteiger charge is 2.20. The molecule has 0 N–H and O–H groups in total. The number of rotatable bonds is 7. The van der Waals surface area contributed by atoms with Gasteiger partial charge in [0.25, 0.3) is 5.91 Å². The minimum absolute atomic E-state index is 0.0717. The van der Waals surface area contributed by atoms with Gasteiger partial charge >= 0.3 is 0 Å². The Kier molecular flexibility index (Phi) is 7.94. The van der Waals surface area contributed by atoms with E-state index >= 15 is 0 Å². The van der Waals surface area contributed by atoms with Crippen LogP contribution < -0.4 is 0 Å². The fraction of sp³-hybridized carbons (Fsp3) is 0.500. The van der Waals surface area contributed by atoms with E-state index in [1.165, 1.54) is 0 Å². The Balaban J connectivity index is 2.71. The molecule has 3 nitrogen and oxygen atoms in total. The van der Waals surface area contributed by atoms with E-state index < -0.39 is 0 Å². The topological polar surface area (TPSA) is 29.5 Å². The third-order valence-corrected chi connectivity index (χ3v) is 3.95. The summed E-state index contributed by atoms with van der Waals surface area (Å²) in [5, 5.41) is 0.819. The molecule has 5 heteroatoms. The van der Waals surface area contributed by atoms with Crippen LogP contribution in [0.5, 0.6) is 0 Å². The smallest absolute Gasteiger partial charge is 0.255 e. The second kappa shape index (κ2) is 8.92. The minimum atomic E-state index is 0.0717. The second-order valence-corrected chi connectivity index (χ2v) is 6.33. The number of hydrogen-bond acceptors (Lipinski definition) is 2. The summed E-state index contributed by atoms with van der Waals surface area (Å²) in [7, 11) is 0. The lowest BCUT2D eigenvalue weighted by Gasteiger charge is -2.27. The molecule has 0 bridgehead atoms. The van der Waals surface area contributed by atoms with Crippen LogP contribution in [0.4, 0.5) is 0 Å². The maximum atomic E-state index is 12.5. The number of halogens is 2. The van der Waals surface area contributed by atoms with E-state index in [0.29, 0.717) is 19.8 Å². The summed E-state index contributed by atoms with van der Waals surface area (Å²) in [6, 6.07) is 7.83. The molecule has 1 amide bonds. The molecule has 0 aliphatic rings. The zero-order chi connectivity index (χ0) is 14.3. The van der Waals surface area contributed by atoms with Crippen molar-refractivity contribution in [3.63, 3.8) is 0 Å². The molecule has 1 aromatic rings. The molecule has 0 aliphatic carbocycles. The Hall–Kier alpha value is -0.140. The first kappa shape index (κ1) is 16.9. The third kappa shape index (κ3) is 5.39. The van der Waals surface area contributed by atoms with Gasteiger partial charge in [-0.05, 0) is 48.6 Å². The molecule has 19 heavy (non-hydrogen) atoms. The first-order valence-corrected chi connectivity index (χ1v) is 8.47. The van der Waals surface area contributed by atoms with E-state index in [4.69, 9.17) is 4.74 Å². The van der Waals surface area contributed by atoms with Crippen LogP contribution in [-0.4, -0.2) is 41.9 Å². The maximum Gasteiger partial charge on any atom is 0.255 e. The lowest BCUT2D eigenvalue weighted by atomic mass is 10.1. The molecule has 0 saturated heterocycles. The SMILES string of the molecule is CC(C)N(CCOCCBr)C(=O)c1ccccc1I. The van der Waals surface area contributed by atoms with Crippen molar-refractivity contribution in [3.05, 3.63) is 33.4 Å². The molecule has 0 unspecified atom stereocenters. The average Bonchev–Trinajstić information content (AvgIpc) is 2.38. The van der Waals surface area contributed by atoms with E-state index in [2.05, 4.69) is 38.5 Å². The fourth-order valence-corrected chi connectivity index (χ4v) is 2.55. The number of ether oxygens (including phenoxy) is 1. The monoisotopic (exact) mass is 439 g/mol. The number of benzene rings is 1. The van der Waals surface area contributed by atoms with Gasteiger partial charge in [-0.15, -0.1) is 0 Å². The summed E-state index contributed by atoms with van der Waals surface area (Å²) in [5.41, 5.74) is 0.761. The number of nitrogens with zero attached hydrogens (tertiary/aromatic N) is 1. The van der Waals surface area contributed by atoms with Gasteiger partial charge in [0.05, 0.1) is 18.8 Å². The van der Waals surface area contributed by atoms with Crippen LogP contribution >= 0.6 is 38.5 Å². The molecule has 0 aliphatic heterocycles. The molecule has 0 aromatic heterocycles. The number of amides is 1. The summed E-state index contributed by atoms with van der Waals surface area (Å²) in [6.45, 7) is 5.91. The highest BCUT2D eigenvalue weighted by Crippen LogP contribution is 2.15. The Morgan fingerprint density at radius 3 is 2.63 bits per heavy atom. The van der Waals surface area contributed by atoms with Crippen LogP contribution in [0, 0.1) is 3.57 Å². The van der Waals surface area contributed by atoms with Crippen molar-refractivity contribution < 1.29 is 9.53 Å². The third-order valence-electron chi connectivity index (χ3n) is 2.69. The van der Waals surface area contributed by atoms with Gasteiger partial charge in [-0.25, -0.2) is 0 Å². The van der Waals surface area contributed by atoms with Crippen LogP contribution in [0.3, 0.4) is 0 Å². The van der Waals surface area contributed by atoms with Crippen molar-refractivity contribution >= 4 is 44.4 Å². The molecular formula is C14H19BrINO2. The normalized spacial score (nSPS) is 10.8. The van der Waals surface area contributed by atoms with Crippen molar-refractivity contribution in [2.45, 2.75) is 19.9 Å². The molecule has 106 valence electrons. The van der Waals surface area contributed by atoms with E-state index in [-0.39, 0.29) is 11.9 Å². The molecule has 0 radical (unpaired) electrons. The van der Waals surface area contributed by atoms with Gasteiger partial charge in [0.2, 0.25) is 0 Å². The predicted molar refractivity (Wildman–Crippen MR) is 89.9 cm³/mol. The van der Waals surface area contributed by atoms with Gasteiger partial charge in [-0.3, -0.25) is 4.79 Å². The summed E-state index contributed by atoms with van der Waals surface area (Å²) in [6.07, 6.45) is 0. The Labute approximate surface area is 137 Å². The fourth-order valence-electron chi connectivity index (χ4n) is 1.70. The van der Waals surface area contributed by atoms with E-state index in [1.807, 2.05) is 43.0 Å². The number of hydrogen-bond donors (Lipinski definition) is 0. The van der Waals surface area contributed by atoms with Crippen molar-refractivity contribution in [2.24, 2.45) is 0 Å². The largest absolute Gasteiger partial charge is 0.379 e. The van der Waals surface area contributed by atoms with Gasteiger partial charge in [0.1, 0.15) is 0 Å². The van der Waals surface area contributed by atoms with E-state index in [9.17, 15) is 4.79 Å². The lowest BCUT2D eigenvalue weighted by Crippen LogP contribution is -2.39. The predicted octanol–water partition coefficient (Wildman–Crippen LogP) is 3.55. The zero-order valence-electron chi connectivity index (χ0n) is 11.2. The molecule has 1 rings (SSSR count). The summed E-state index contributed by atoms with van der Waals surface area (Å²) >= 11 is 5.51. The van der Waals surface area contributed by atoms with Crippen LogP contribution in [0.15, 0.2) is 24.3 Å². The van der Waals surface area contributed by atoms with Crippen LogP contribution in [0.2, 0.25) is 0 Å². The van der Waals surface area contributed by atoms with E-state index in [1.54, 1.807) is 0 Å².